The standard InChI is InChI=1S/C14H20FN3O2/c1-14(2,3)20-13(19)17-10-5-7-18(9-10)11-4-6-16-12(15)8-11/h4,6,8,10H,5,7,9H2,1-3H3,(H,17,19). The summed E-state index contributed by atoms with van der Waals surface area (Å²) in [5, 5.41) is 2.84. The van der Waals surface area contributed by atoms with E-state index in [1.807, 2.05) is 25.7 Å². The Hall–Kier alpha value is -1.85. The number of pyridine rings is 1. The second-order valence-electron chi connectivity index (χ2n) is 5.91. The van der Waals surface area contributed by atoms with Crippen LogP contribution in [0.15, 0.2) is 18.3 Å². The molecule has 1 aliphatic rings. The van der Waals surface area contributed by atoms with Crippen molar-refractivity contribution in [1.29, 1.82) is 0 Å². The molecule has 0 spiro atoms. The summed E-state index contributed by atoms with van der Waals surface area (Å²) in [7, 11) is 0. The predicted molar refractivity (Wildman–Crippen MR) is 74.2 cm³/mol. The zero-order chi connectivity index (χ0) is 14.8. The molecular formula is C14H20FN3O2. The summed E-state index contributed by atoms with van der Waals surface area (Å²) in [6.07, 6.45) is 1.84. The summed E-state index contributed by atoms with van der Waals surface area (Å²) < 4.78 is 18.3. The molecule has 0 radical (unpaired) electrons. The Labute approximate surface area is 118 Å². The lowest BCUT2D eigenvalue weighted by molar-refractivity contribution is 0.0509. The first-order chi connectivity index (χ1) is 9.33. The van der Waals surface area contributed by atoms with Gasteiger partial charge in [0.25, 0.3) is 0 Å². The maximum atomic E-state index is 13.1. The molecule has 1 aliphatic heterocycles. The van der Waals surface area contributed by atoms with Crippen molar-refractivity contribution < 1.29 is 13.9 Å². The highest BCUT2D eigenvalue weighted by Crippen LogP contribution is 2.20. The molecule has 1 N–H and O–H groups in total. The molecule has 6 heteroatoms. The quantitative estimate of drug-likeness (QED) is 0.845. The monoisotopic (exact) mass is 281 g/mol. The van der Waals surface area contributed by atoms with Crippen LogP contribution in [0.25, 0.3) is 0 Å². The van der Waals surface area contributed by atoms with Gasteiger partial charge < -0.3 is 15.0 Å². The number of carbonyl (C=O) groups is 1. The van der Waals surface area contributed by atoms with Crippen LogP contribution < -0.4 is 10.2 Å². The fourth-order valence-corrected chi connectivity index (χ4v) is 2.18. The number of carbonyl (C=O) groups excluding carboxylic acids is 1. The minimum Gasteiger partial charge on any atom is -0.444 e. The number of halogens is 1. The first-order valence-corrected chi connectivity index (χ1v) is 6.69. The Balaban J connectivity index is 1.88. The van der Waals surface area contributed by atoms with E-state index < -0.39 is 17.6 Å². The van der Waals surface area contributed by atoms with Gasteiger partial charge in [0, 0.05) is 31.0 Å². The Morgan fingerprint density at radius 2 is 2.30 bits per heavy atom. The number of ether oxygens (including phenoxy) is 1. The van der Waals surface area contributed by atoms with Crippen LogP contribution in [0, 0.1) is 5.95 Å². The fraction of sp³-hybridized carbons (Fsp3) is 0.571. The SMILES string of the molecule is CC(C)(C)OC(=O)NC1CCN(c2ccnc(F)c2)C1. The van der Waals surface area contributed by atoms with Gasteiger partial charge in [-0.3, -0.25) is 0 Å². The van der Waals surface area contributed by atoms with Crippen molar-refractivity contribution in [2.75, 3.05) is 18.0 Å². The highest BCUT2D eigenvalue weighted by atomic mass is 19.1. The van der Waals surface area contributed by atoms with Crippen molar-refractivity contribution in [2.24, 2.45) is 0 Å². The number of nitrogens with zero attached hydrogens (tertiary/aromatic N) is 2. The summed E-state index contributed by atoms with van der Waals surface area (Å²) in [6.45, 7) is 6.89. The van der Waals surface area contributed by atoms with E-state index in [1.54, 1.807) is 6.07 Å². The topological polar surface area (TPSA) is 54.5 Å². The maximum absolute atomic E-state index is 13.1. The van der Waals surface area contributed by atoms with Gasteiger partial charge in [0.05, 0.1) is 6.04 Å². The van der Waals surface area contributed by atoms with E-state index in [0.29, 0.717) is 6.54 Å². The molecule has 0 saturated carbocycles. The van der Waals surface area contributed by atoms with Gasteiger partial charge in [-0.25, -0.2) is 9.78 Å². The lowest BCUT2D eigenvalue weighted by Gasteiger charge is -2.22. The van der Waals surface area contributed by atoms with E-state index >= 15 is 0 Å². The summed E-state index contributed by atoms with van der Waals surface area (Å²) in [5.74, 6) is -0.494. The Morgan fingerprint density at radius 1 is 1.55 bits per heavy atom. The van der Waals surface area contributed by atoms with Crippen molar-refractivity contribution in [3.8, 4) is 0 Å². The molecule has 1 atom stereocenters. The van der Waals surface area contributed by atoms with Gasteiger partial charge in [-0.1, -0.05) is 0 Å². The van der Waals surface area contributed by atoms with Crippen LogP contribution in [0.5, 0.6) is 0 Å². The average Bonchev–Trinajstić information content (AvgIpc) is 2.74. The summed E-state index contributed by atoms with van der Waals surface area (Å²) in [6, 6.07) is 3.18. The van der Waals surface area contributed by atoms with Crippen molar-refractivity contribution >= 4 is 11.8 Å². The number of anilines is 1. The summed E-state index contributed by atoms with van der Waals surface area (Å²) in [5.41, 5.74) is 0.280. The first-order valence-electron chi connectivity index (χ1n) is 6.69. The molecule has 2 heterocycles. The lowest BCUT2D eigenvalue weighted by Crippen LogP contribution is -2.40. The van der Waals surface area contributed by atoms with Gasteiger partial charge >= 0.3 is 6.09 Å². The second-order valence-corrected chi connectivity index (χ2v) is 5.91. The van der Waals surface area contributed by atoms with Crippen molar-refractivity contribution in [3.63, 3.8) is 0 Å². The number of rotatable bonds is 2. The second kappa shape index (κ2) is 5.64. The van der Waals surface area contributed by atoms with Crippen molar-refractivity contribution in [1.82, 2.24) is 10.3 Å². The molecule has 0 aromatic carbocycles. The third-order valence-electron chi connectivity index (χ3n) is 2.98. The van der Waals surface area contributed by atoms with E-state index in [2.05, 4.69) is 10.3 Å². The number of nitrogens with one attached hydrogen (secondary N) is 1. The molecule has 1 amide bonds. The van der Waals surface area contributed by atoms with E-state index in [0.717, 1.165) is 18.7 Å². The number of alkyl carbamates (subject to hydrolysis) is 1. The zero-order valence-corrected chi connectivity index (χ0v) is 12.0. The van der Waals surface area contributed by atoms with Crippen LogP contribution in [-0.2, 0) is 4.74 Å². The molecule has 0 aliphatic carbocycles. The molecule has 1 aromatic heterocycles. The van der Waals surface area contributed by atoms with Crippen LogP contribution in [0.2, 0.25) is 0 Å². The zero-order valence-electron chi connectivity index (χ0n) is 12.0. The van der Waals surface area contributed by atoms with Gasteiger partial charge in [-0.15, -0.1) is 0 Å². The molecule has 1 fully saturated rings. The third-order valence-corrected chi connectivity index (χ3v) is 2.98. The highest BCUT2D eigenvalue weighted by Gasteiger charge is 2.26. The van der Waals surface area contributed by atoms with Gasteiger partial charge in [0.1, 0.15) is 5.60 Å². The Bertz CT molecular complexity index is 488. The summed E-state index contributed by atoms with van der Waals surface area (Å²) in [4.78, 5) is 17.2. The predicted octanol–water partition coefficient (Wildman–Crippen LogP) is 2.32. The highest BCUT2D eigenvalue weighted by molar-refractivity contribution is 5.68. The van der Waals surface area contributed by atoms with Crippen molar-refractivity contribution in [3.05, 3.63) is 24.3 Å². The van der Waals surface area contributed by atoms with Gasteiger partial charge in [-0.05, 0) is 33.3 Å². The molecule has 20 heavy (non-hydrogen) atoms. The number of aromatic nitrogens is 1. The number of amides is 1. The van der Waals surface area contributed by atoms with Crippen LogP contribution in [0.3, 0.4) is 0 Å². The molecule has 1 aromatic rings. The molecule has 2 rings (SSSR count). The van der Waals surface area contributed by atoms with Crippen molar-refractivity contribution in [2.45, 2.75) is 38.8 Å². The van der Waals surface area contributed by atoms with E-state index in [9.17, 15) is 9.18 Å². The van der Waals surface area contributed by atoms with Gasteiger partial charge in [0.15, 0.2) is 0 Å². The lowest BCUT2D eigenvalue weighted by atomic mass is 10.2. The van der Waals surface area contributed by atoms with Crippen LogP contribution in [0.1, 0.15) is 27.2 Å². The molecule has 1 unspecified atom stereocenters. The fourth-order valence-electron chi connectivity index (χ4n) is 2.18. The maximum Gasteiger partial charge on any atom is 0.407 e. The van der Waals surface area contributed by atoms with Crippen LogP contribution in [-0.4, -0.2) is 35.8 Å². The largest absolute Gasteiger partial charge is 0.444 e. The van der Waals surface area contributed by atoms with E-state index in [4.69, 9.17) is 4.74 Å². The normalized spacial score (nSPS) is 19.0. The third kappa shape index (κ3) is 4.08. The number of hydrogen-bond donors (Lipinski definition) is 1. The Morgan fingerprint density at radius 3 is 2.95 bits per heavy atom. The minimum absolute atomic E-state index is 0.0149. The Kier molecular flexibility index (Phi) is 4.11. The van der Waals surface area contributed by atoms with Gasteiger partial charge in [0.2, 0.25) is 5.95 Å². The smallest absolute Gasteiger partial charge is 0.407 e. The molecule has 5 nitrogen and oxygen atoms in total. The summed E-state index contributed by atoms with van der Waals surface area (Å²) >= 11 is 0. The molecule has 0 bridgehead atoms. The molecular weight excluding hydrogens is 261 g/mol. The van der Waals surface area contributed by atoms with E-state index in [-0.39, 0.29) is 6.04 Å². The molecule has 1 saturated heterocycles. The first kappa shape index (κ1) is 14.6. The van der Waals surface area contributed by atoms with Crippen LogP contribution in [0.4, 0.5) is 14.9 Å². The van der Waals surface area contributed by atoms with Gasteiger partial charge in [-0.2, -0.15) is 4.39 Å². The molecule has 110 valence electrons. The minimum atomic E-state index is -0.503. The van der Waals surface area contributed by atoms with Crippen LogP contribution >= 0.6 is 0 Å². The van der Waals surface area contributed by atoms with E-state index in [1.165, 1.54) is 12.3 Å². The number of hydrogen-bond acceptors (Lipinski definition) is 4. The average molecular weight is 281 g/mol.